The highest BCUT2D eigenvalue weighted by molar-refractivity contribution is 7.18. The molecule has 0 radical (unpaired) electrons. The van der Waals surface area contributed by atoms with E-state index in [-0.39, 0.29) is 6.61 Å². The first-order valence-electron chi connectivity index (χ1n) is 4.86. The summed E-state index contributed by atoms with van der Waals surface area (Å²) < 4.78 is 0. The van der Waals surface area contributed by atoms with E-state index in [0.717, 1.165) is 15.6 Å². The summed E-state index contributed by atoms with van der Waals surface area (Å²) in [5.41, 5.74) is 1.36. The van der Waals surface area contributed by atoms with Crippen molar-refractivity contribution in [2.45, 2.75) is 25.4 Å². The van der Waals surface area contributed by atoms with Crippen molar-refractivity contribution < 1.29 is 5.11 Å². The van der Waals surface area contributed by atoms with E-state index in [2.05, 4.69) is 11.1 Å². The van der Waals surface area contributed by atoms with E-state index in [1.54, 1.807) is 11.3 Å². The largest absolute Gasteiger partial charge is 0.391 e. The van der Waals surface area contributed by atoms with Gasteiger partial charge in [-0.2, -0.15) is 0 Å². The average molecular weight is 205 g/mol. The van der Waals surface area contributed by atoms with Gasteiger partial charge in [-0.05, 0) is 36.5 Å². The Bertz CT molecular complexity index is 473. The molecule has 2 nitrogen and oxygen atoms in total. The minimum atomic E-state index is 0.125. The van der Waals surface area contributed by atoms with Crippen LogP contribution in [0.3, 0.4) is 0 Å². The van der Waals surface area contributed by atoms with Crippen molar-refractivity contribution in [3.05, 3.63) is 28.8 Å². The quantitative estimate of drug-likeness (QED) is 0.817. The Kier molecular flexibility index (Phi) is 1.82. The normalized spacial score (nSPS) is 16.4. The molecule has 1 N–H and O–H groups in total. The van der Waals surface area contributed by atoms with Crippen molar-refractivity contribution in [3.8, 4) is 0 Å². The van der Waals surface area contributed by atoms with Crippen molar-refractivity contribution >= 4 is 21.6 Å². The summed E-state index contributed by atoms with van der Waals surface area (Å²) >= 11 is 1.58. The molecular weight excluding hydrogens is 194 g/mol. The number of nitrogens with zero attached hydrogens (tertiary/aromatic N) is 1. The van der Waals surface area contributed by atoms with Gasteiger partial charge in [0.05, 0.1) is 6.61 Å². The fraction of sp³-hybridized carbons (Fsp3) is 0.364. The Hall–Kier alpha value is -0.930. The summed E-state index contributed by atoms with van der Waals surface area (Å²) in [5, 5.41) is 10.2. The monoisotopic (exact) mass is 205 g/mol. The van der Waals surface area contributed by atoms with Gasteiger partial charge in [-0.15, -0.1) is 11.3 Å². The molecule has 0 bridgehead atoms. The van der Waals surface area contributed by atoms with Crippen LogP contribution in [-0.4, -0.2) is 10.1 Å². The number of aliphatic hydroxyl groups is 1. The third-order valence-electron chi connectivity index (χ3n) is 2.65. The fourth-order valence-electron chi connectivity index (χ4n) is 1.72. The molecule has 2 heterocycles. The predicted octanol–water partition coefficient (Wildman–Crippen LogP) is 2.67. The fourth-order valence-corrected chi connectivity index (χ4v) is 2.56. The average Bonchev–Trinajstić information content (AvgIpc) is 2.97. The molecule has 0 spiro atoms. The Labute approximate surface area is 86.2 Å². The molecule has 3 rings (SSSR count). The van der Waals surface area contributed by atoms with Crippen LogP contribution in [0.5, 0.6) is 0 Å². The zero-order valence-corrected chi connectivity index (χ0v) is 8.55. The van der Waals surface area contributed by atoms with Gasteiger partial charge in [0, 0.05) is 16.5 Å². The van der Waals surface area contributed by atoms with Gasteiger partial charge < -0.3 is 5.11 Å². The molecule has 1 saturated carbocycles. The van der Waals surface area contributed by atoms with E-state index in [1.165, 1.54) is 23.8 Å². The van der Waals surface area contributed by atoms with Crippen molar-refractivity contribution in [2.75, 3.05) is 0 Å². The molecule has 14 heavy (non-hydrogen) atoms. The first-order valence-corrected chi connectivity index (χ1v) is 5.67. The third-order valence-corrected chi connectivity index (χ3v) is 3.69. The minimum Gasteiger partial charge on any atom is -0.391 e. The first-order chi connectivity index (χ1) is 6.86. The molecule has 0 saturated heterocycles. The summed E-state index contributed by atoms with van der Waals surface area (Å²) in [6.45, 7) is 0.125. The van der Waals surface area contributed by atoms with Crippen LogP contribution >= 0.6 is 11.3 Å². The van der Waals surface area contributed by atoms with Crippen LogP contribution in [0.25, 0.3) is 10.2 Å². The van der Waals surface area contributed by atoms with Crippen LogP contribution in [-0.2, 0) is 6.61 Å². The van der Waals surface area contributed by atoms with Crippen LogP contribution in [0.4, 0.5) is 0 Å². The van der Waals surface area contributed by atoms with E-state index < -0.39 is 0 Å². The second-order valence-corrected chi connectivity index (χ2v) is 4.92. The second-order valence-electron chi connectivity index (χ2n) is 3.81. The topological polar surface area (TPSA) is 33.1 Å². The molecule has 1 aliphatic carbocycles. The maximum atomic E-state index is 9.01. The zero-order valence-electron chi connectivity index (χ0n) is 7.73. The predicted molar refractivity (Wildman–Crippen MR) is 57.5 cm³/mol. The molecule has 0 atom stereocenters. The van der Waals surface area contributed by atoms with Crippen LogP contribution in [0.2, 0.25) is 0 Å². The highest BCUT2D eigenvalue weighted by Gasteiger charge is 2.24. The maximum Gasteiger partial charge on any atom is 0.123 e. The van der Waals surface area contributed by atoms with Gasteiger partial charge in [0.15, 0.2) is 0 Å². The van der Waals surface area contributed by atoms with Crippen LogP contribution in [0, 0.1) is 0 Å². The molecule has 1 fully saturated rings. The lowest BCUT2D eigenvalue weighted by atomic mass is 10.1. The Morgan fingerprint density at radius 3 is 3.00 bits per heavy atom. The van der Waals surface area contributed by atoms with Crippen LogP contribution in [0.15, 0.2) is 18.3 Å². The lowest BCUT2D eigenvalue weighted by Gasteiger charge is -1.95. The van der Waals surface area contributed by atoms with Crippen molar-refractivity contribution in [3.63, 3.8) is 0 Å². The number of hydrogen-bond donors (Lipinski definition) is 1. The minimum absolute atomic E-state index is 0.125. The molecule has 2 aromatic heterocycles. The summed E-state index contributed by atoms with van der Waals surface area (Å²) in [6.07, 6.45) is 4.60. The Morgan fingerprint density at radius 2 is 2.29 bits per heavy atom. The maximum absolute atomic E-state index is 9.01. The summed E-state index contributed by atoms with van der Waals surface area (Å²) in [7, 11) is 0. The van der Waals surface area contributed by atoms with E-state index in [9.17, 15) is 0 Å². The number of hydrogen-bond acceptors (Lipinski definition) is 3. The van der Waals surface area contributed by atoms with Gasteiger partial charge in [-0.25, -0.2) is 4.98 Å². The first kappa shape index (κ1) is 8.38. The van der Waals surface area contributed by atoms with E-state index in [4.69, 9.17) is 5.11 Å². The van der Waals surface area contributed by atoms with Crippen LogP contribution < -0.4 is 0 Å². The molecule has 2 aromatic rings. The van der Waals surface area contributed by atoms with E-state index in [0.29, 0.717) is 0 Å². The highest BCUT2D eigenvalue weighted by atomic mass is 32.1. The Morgan fingerprint density at radius 1 is 1.43 bits per heavy atom. The van der Waals surface area contributed by atoms with Crippen molar-refractivity contribution in [2.24, 2.45) is 0 Å². The van der Waals surface area contributed by atoms with Crippen LogP contribution in [0.1, 0.15) is 29.2 Å². The molecule has 0 aromatic carbocycles. The van der Waals surface area contributed by atoms with Gasteiger partial charge in [-0.1, -0.05) is 0 Å². The number of thiophene rings is 1. The van der Waals surface area contributed by atoms with E-state index >= 15 is 0 Å². The molecular formula is C11H11NOS. The van der Waals surface area contributed by atoms with Crippen molar-refractivity contribution in [1.82, 2.24) is 4.98 Å². The lowest BCUT2D eigenvalue weighted by molar-refractivity contribution is 0.285. The van der Waals surface area contributed by atoms with Gasteiger partial charge in [0.2, 0.25) is 0 Å². The van der Waals surface area contributed by atoms with Gasteiger partial charge >= 0.3 is 0 Å². The summed E-state index contributed by atoms with van der Waals surface area (Å²) in [4.78, 5) is 6.46. The van der Waals surface area contributed by atoms with Crippen molar-refractivity contribution in [1.29, 1.82) is 0 Å². The number of aliphatic hydroxyl groups excluding tert-OH is 1. The van der Waals surface area contributed by atoms with Gasteiger partial charge in [0.1, 0.15) is 4.83 Å². The Balaban J connectivity index is 2.12. The molecule has 0 amide bonds. The molecule has 1 aliphatic rings. The third kappa shape index (κ3) is 1.33. The number of rotatable bonds is 2. The second kappa shape index (κ2) is 3.04. The standard InChI is InChI=1S/C11H11NOS/c13-6-10-4-8-3-9(7-1-2-7)5-12-11(8)14-10/h3-5,7,13H,1-2,6H2. The molecule has 0 unspecified atom stereocenters. The molecule has 3 heteroatoms. The smallest absolute Gasteiger partial charge is 0.123 e. The lowest BCUT2D eigenvalue weighted by Crippen LogP contribution is -1.80. The van der Waals surface area contributed by atoms with Gasteiger partial charge in [0.25, 0.3) is 0 Å². The number of fused-ring (bicyclic) bond motifs is 1. The number of pyridine rings is 1. The molecule has 0 aliphatic heterocycles. The number of aromatic nitrogens is 1. The highest BCUT2D eigenvalue weighted by Crippen LogP contribution is 2.41. The zero-order chi connectivity index (χ0) is 9.54. The SMILES string of the molecule is OCc1cc2cc(C3CC3)cnc2s1. The summed E-state index contributed by atoms with van der Waals surface area (Å²) in [5.74, 6) is 0.754. The van der Waals surface area contributed by atoms with Gasteiger partial charge in [-0.3, -0.25) is 0 Å². The molecule has 72 valence electrons. The summed E-state index contributed by atoms with van der Waals surface area (Å²) in [6, 6.07) is 4.26. The van der Waals surface area contributed by atoms with E-state index in [1.807, 2.05) is 12.3 Å².